The van der Waals surface area contributed by atoms with Gasteiger partial charge >= 0.3 is 0 Å². The Morgan fingerprint density at radius 1 is 1.61 bits per heavy atom. The molecule has 1 aromatic heterocycles. The van der Waals surface area contributed by atoms with E-state index < -0.39 is 0 Å². The van der Waals surface area contributed by atoms with Crippen LogP contribution in [0.4, 0.5) is 5.82 Å². The lowest BCUT2D eigenvalue weighted by Crippen LogP contribution is -2.26. The molecule has 1 saturated heterocycles. The number of hydrogen-bond acceptors (Lipinski definition) is 4. The summed E-state index contributed by atoms with van der Waals surface area (Å²) in [7, 11) is 0. The van der Waals surface area contributed by atoms with E-state index in [1.165, 1.54) is 18.7 Å². The van der Waals surface area contributed by atoms with Gasteiger partial charge in [-0.1, -0.05) is 23.4 Å². The molecule has 1 aromatic rings. The molecule has 0 N–H and O–H groups in total. The number of hydrogen-bond donors (Lipinski definition) is 0. The molecule has 1 aliphatic rings. The van der Waals surface area contributed by atoms with Crippen molar-refractivity contribution in [3.05, 3.63) is 22.8 Å². The van der Waals surface area contributed by atoms with Gasteiger partial charge in [-0.25, -0.2) is 4.98 Å². The number of anilines is 1. The molecule has 18 heavy (non-hydrogen) atoms. The van der Waals surface area contributed by atoms with E-state index in [4.69, 9.17) is 11.6 Å². The maximum atomic E-state index is 11.9. The quantitative estimate of drug-likeness (QED) is 0.837. The number of amides is 1. The van der Waals surface area contributed by atoms with E-state index in [0.717, 1.165) is 5.56 Å². The zero-order valence-corrected chi connectivity index (χ0v) is 11.7. The van der Waals surface area contributed by atoms with Gasteiger partial charge in [-0.2, -0.15) is 0 Å². The highest BCUT2D eigenvalue weighted by molar-refractivity contribution is 8.14. The highest BCUT2D eigenvalue weighted by atomic mass is 35.5. The summed E-state index contributed by atoms with van der Waals surface area (Å²) in [5, 5.41) is 0.641. The fourth-order valence-electron chi connectivity index (χ4n) is 1.88. The van der Waals surface area contributed by atoms with Crippen molar-refractivity contribution in [2.75, 3.05) is 11.4 Å². The van der Waals surface area contributed by atoms with Crippen LogP contribution in [0.15, 0.2) is 12.3 Å². The van der Waals surface area contributed by atoms with Crippen molar-refractivity contribution in [2.24, 2.45) is 0 Å². The first-order valence-corrected chi connectivity index (χ1v) is 6.83. The Balaban J connectivity index is 2.16. The SMILES string of the molecule is CC(=O)SC1CC(=O)N(c2cc(C)c(Cl)cn2)C1. The highest BCUT2D eigenvalue weighted by Gasteiger charge is 2.32. The van der Waals surface area contributed by atoms with Crippen LogP contribution in [0.2, 0.25) is 5.02 Å². The van der Waals surface area contributed by atoms with Gasteiger partial charge in [0.25, 0.3) is 0 Å². The molecule has 1 fully saturated rings. The van der Waals surface area contributed by atoms with Gasteiger partial charge in [0, 0.05) is 31.3 Å². The summed E-state index contributed by atoms with van der Waals surface area (Å²) in [6, 6.07) is 1.79. The second kappa shape index (κ2) is 5.28. The molecule has 2 rings (SSSR count). The minimum absolute atomic E-state index is 0.00275. The number of rotatable bonds is 2. The van der Waals surface area contributed by atoms with Crippen molar-refractivity contribution >= 4 is 40.2 Å². The van der Waals surface area contributed by atoms with E-state index >= 15 is 0 Å². The molecular formula is C12H13ClN2O2S. The number of thioether (sulfide) groups is 1. The van der Waals surface area contributed by atoms with Gasteiger partial charge < -0.3 is 0 Å². The fourth-order valence-corrected chi connectivity index (χ4v) is 2.90. The van der Waals surface area contributed by atoms with Crippen molar-refractivity contribution in [1.29, 1.82) is 0 Å². The average molecular weight is 285 g/mol. The Kier molecular flexibility index (Phi) is 3.92. The maximum absolute atomic E-state index is 11.9. The molecule has 0 aromatic carbocycles. The van der Waals surface area contributed by atoms with Crippen molar-refractivity contribution in [3.63, 3.8) is 0 Å². The minimum Gasteiger partial charge on any atom is -0.296 e. The molecule has 1 unspecified atom stereocenters. The molecule has 2 heterocycles. The number of aromatic nitrogens is 1. The Morgan fingerprint density at radius 3 is 2.94 bits per heavy atom. The van der Waals surface area contributed by atoms with E-state index in [2.05, 4.69) is 4.98 Å². The van der Waals surface area contributed by atoms with Crippen LogP contribution >= 0.6 is 23.4 Å². The third kappa shape index (κ3) is 2.84. The predicted molar refractivity (Wildman–Crippen MR) is 73.0 cm³/mol. The molecular weight excluding hydrogens is 272 g/mol. The van der Waals surface area contributed by atoms with E-state index in [1.807, 2.05) is 6.92 Å². The monoisotopic (exact) mass is 284 g/mol. The third-order valence-corrected chi connectivity index (χ3v) is 4.11. The van der Waals surface area contributed by atoms with Crippen molar-refractivity contribution < 1.29 is 9.59 Å². The van der Waals surface area contributed by atoms with Gasteiger partial charge in [0.2, 0.25) is 5.91 Å². The number of halogens is 1. The van der Waals surface area contributed by atoms with Gasteiger partial charge in [0.05, 0.1) is 5.02 Å². The van der Waals surface area contributed by atoms with Gasteiger partial charge in [-0.3, -0.25) is 14.5 Å². The molecule has 4 nitrogen and oxygen atoms in total. The van der Waals surface area contributed by atoms with Crippen LogP contribution < -0.4 is 4.90 Å². The first-order chi connectivity index (χ1) is 8.47. The number of aryl methyl sites for hydroxylation is 1. The number of pyridine rings is 1. The molecule has 1 amide bonds. The number of nitrogens with zero attached hydrogens (tertiary/aromatic N) is 2. The zero-order valence-electron chi connectivity index (χ0n) is 10.1. The molecule has 0 aliphatic carbocycles. The van der Waals surface area contributed by atoms with Gasteiger partial charge in [0.1, 0.15) is 5.82 Å². The Hall–Kier alpha value is -1.07. The Morgan fingerprint density at radius 2 is 2.33 bits per heavy atom. The van der Waals surface area contributed by atoms with Crippen LogP contribution in [-0.2, 0) is 9.59 Å². The van der Waals surface area contributed by atoms with Crippen LogP contribution in [0.25, 0.3) is 0 Å². The highest BCUT2D eigenvalue weighted by Crippen LogP contribution is 2.28. The lowest BCUT2D eigenvalue weighted by molar-refractivity contribution is -0.117. The second-order valence-electron chi connectivity index (χ2n) is 4.23. The van der Waals surface area contributed by atoms with Crippen LogP contribution in [0.5, 0.6) is 0 Å². The number of carbonyl (C=O) groups excluding carboxylic acids is 2. The summed E-state index contributed by atoms with van der Waals surface area (Å²) >= 11 is 7.12. The molecule has 6 heteroatoms. The molecule has 0 bridgehead atoms. The lowest BCUT2D eigenvalue weighted by Gasteiger charge is -2.15. The topological polar surface area (TPSA) is 50.3 Å². The summed E-state index contributed by atoms with van der Waals surface area (Å²) in [4.78, 5) is 28.7. The van der Waals surface area contributed by atoms with Crippen LogP contribution in [-0.4, -0.2) is 27.8 Å². The first kappa shape index (κ1) is 13.4. The van der Waals surface area contributed by atoms with Gasteiger partial charge in [-0.05, 0) is 18.6 Å². The molecule has 0 radical (unpaired) electrons. The summed E-state index contributed by atoms with van der Waals surface area (Å²) in [6.07, 6.45) is 1.93. The minimum atomic E-state index is 0.00275. The lowest BCUT2D eigenvalue weighted by atomic mass is 10.3. The van der Waals surface area contributed by atoms with Crippen LogP contribution in [0, 0.1) is 6.92 Å². The molecule has 96 valence electrons. The Bertz CT molecular complexity index is 507. The molecule has 0 spiro atoms. The number of carbonyl (C=O) groups is 2. The van der Waals surface area contributed by atoms with Crippen molar-refractivity contribution in [2.45, 2.75) is 25.5 Å². The molecule has 0 saturated carbocycles. The van der Waals surface area contributed by atoms with E-state index in [9.17, 15) is 9.59 Å². The summed E-state index contributed by atoms with van der Waals surface area (Å²) < 4.78 is 0. The van der Waals surface area contributed by atoms with Crippen molar-refractivity contribution in [3.8, 4) is 0 Å². The first-order valence-electron chi connectivity index (χ1n) is 5.57. The standard InChI is InChI=1S/C12H13ClN2O2S/c1-7-3-11(14-5-10(7)13)15-6-9(4-12(15)17)18-8(2)16/h3,5,9H,4,6H2,1-2H3. The summed E-state index contributed by atoms with van der Waals surface area (Å²) in [5.41, 5.74) is 0.886. The third-order valence-electron chi connectivity index (χ3n) is 2.73. The van der Waals surface area contributed by atoms with Gasteiger partial charge in [0.15, 0.2) is 5.12 Å². The summed E-state index contributed by atoms with van der Waals surface area (Å²) in [5.74, 6) is 0.608. The average Bonchev–Trinajstić information content (AvgIpc) is 2.62. The van der Waals surface area contributed by atoms with E-state index in [-0.39, 0.29) is 16.3 Å². The largest absolute Gasteiger partial charge is 0.296 e. The molecule has 1 aliphatic heterocycles. The Labute approximate surface area is 115 Å². The second-order valence-corrected chi connectivity index (χ2v) is 6.12. The van der Waals surface area contributed by atoms with Gasteiger partial charge in [-0.15, -0.1) is 0 Å². The predicted octanol–water partition coefficient (Wildman–Crippen LogP) is 2.43. The maximum Gasteiger partial charge on any atom is 0.229 e. The fraction of sp³-hybridized carbons (Fsp3) is 0.417. The smallest absolute Gasteiger partial charge is 0.229 e. The molecule has 1 atom stereocenters. The van der Waals surface area contributed by atoms with Crippen LogP contribution in [0.1, 0.15) is 18.9 Å². The summed E-state index contributed by atoms with van der Waals surface area (Å²) in [6.45, 7) is 3.91. The normalized spacial score (nSPS) is 19.4. The van der Waals surface area contributed by atoms with Crippen LogP contribution in [0.3, 0.4) is 0 Å². The zero-order chi connectivity index (χ0) is 13.3. The van der Waals surface area contributed by atoms with E-state index in [1.54, 1.807) is 17.2 Å². The van der Waals surface area contributed by atoms with Crippen molar-refractivity contribution in [1.82, 2.24) is 4.98 Å². The van der Waals surface area contributed by atoms with E-state index in [0.29, 0.717) is 23.8 Å².